The Bertz CT molecular complexity index is 386. The van der Waals surface area contributed by atoms with E-state index in [4.69, 9.17) is 5.73 Å². The van der Waals surface area contributed by atoms with E-state index >= 15 is 0 Å². The highest BCUT2D eigenvalue weighted by atomic mass is 16.2. The van der Waals surface area contributed by atoms with E-state index in [9.17, 15) is 9.59 Å². The molecule has 3 N–H and O–H groups in total. The molecule has 2 atom stereocenters. The molecule has 2 aliphatic heterocycles. The first-order valence-electron chi connectivity index (χ1n) is 8.05. The van der Waals surface area contributed by atoms with Gasteiger partial charge in [-0.05, 0) is 31.2 Å². The van der Waals surface area contributed by atoms with Gasteiger partial charge in [0.1, 0.15) is 0 Å². The lowest BCUT2D eigenvalue weighted by molar-refractivity contribution is -0.133. The average molecular weight is 296 g/mol. The first-order valence-corrected chi connectivity index (χ1v) is 8.05. The standard InChI is InChI=1S/C15H28N4O2/c1-11(2)12(5-6-16)3-4-14(20)18-7-8-19-13(10-18)9-17-15(19)21/h11-13H,3-10,16H2,1-2H3,(H,17,21). The molecule has 120 valence electrons. The van der Waals surface area contributed by atoms with Gasteiger partial charge in [-0.15, -0.1) is 0 Å². The summed E-state index contributed by atoms with van der Waals surface area (Å²) in [4.78, 5) is 27.7. The summed E-state index contributed by atoms with van der Waals surface area (Å²) in [6.45, 7) is 7.71. The van der Waals surface area contributed by atoms with Gasteiger partial charge in [0.2, 0.25) is 5.91 Å². The Labute approximate surface area is 127 Å². The van der Waals surface area contributed by atoms with E-state index in [1.54, 1.807) is 0 Å². The molecule has 0 aromatic heterocycles. The first-order chi connectivity index (χ1) is 10.0. The number of fused-ring (bicyclic) bond motifs is 1. The first kappa shape index (κ1) is 16.1. The van der Waals surface area contributed by atoms with Gasteiger partial charge in [0.05, 0.1) is 6.04 Å². The second-order valence-electron chi connectivity index (χ2n) is 6.49. The number of nitrogens with one attached hydrogen (secondary N) is 1. The van der Waals surface area contributed by atoms with Crippen LogP contribution in [0.1, 0.15) is 33.1 Å². The Morgan fingerprint density at radius 1 is 1.38 bits per heavy atom. The van der Waals surface area contributed by atoms with Gasteiger partial charge < -0.3 is 20.9 Å². The molecule has 2 saturated heterocycles. The van der Waals surface area contributed by atoms with Gasteiger partial charge >= 0.3 is 6.03 Å². The highest BCUT2D eigenvalue weighted by Crippen LogP contribution is 2.22. The van der Waals surface area contributed by atoms with Crippen molar-refractivity contribution in [2.45, 2.75) is 39.2 Å². The SMILES string of the molecule is CC(C)C(CCN)CCC(=O)N1CCN2C(=O)NCC2C1. The summed E-state index contributed by atoms with van der Waals surface area (Å²) in [6.07, 6.45) is 2.49. The molecule has 0 aliphatic carbocycles. The second kappa shape index (κ2) is 7.11. The molecule has 2 fully saturated rings. The van der Waals surface area contributed by atoms with E-state index in [0.717, 1.165) is 12.8 Å². The van der Waals surface area contributed by atoms with Crippen LogP contribution in [0.15, 0.2) is 0 Å². The monoisotopic (exact) mass is 296 g/mol. The Hall–Kier alpha value is -1.30. The molecule has 0 bridgehead atoms. The molecule has 6 heteroatoms. The van der Waals surface area contributed by atoms with Crippen molar-refractivity contribution >= 4 is 11.9 Å². The lowest BCUT2D eigenvalue weighted by Crippen LogP contribution is -2.53. The zero-order valence-corrected chi connectivity index (χ0v) is 13.2. The minimum Gasteiger partial charge on any atom is -0.339 e. The third-order valence-electron chi connectivity index (χ3n) is 4.79. The predicted molar refractivity (Wildman–Crippen MR) is 81.7 cm³/mol. The van der Waals surface area contributed by atoms with Crippen molar-refractivity contribution < 1.29 is 9.59 Å². The lowest BCUT2D eigenvalue weighted by Gasteiger charge is -2.36. The van der Waals surface area contributed by atoms with E-state index < -0.39 is 0 Å². The average Bonchev–Trinajstić information content (AvgIpc) is 2.83. The summed E-state index contributed by atoms with van der Waals surface area (Å²) in [7, 11) is 0. The molecular formula is C15H28N4O2. The van der Waals surface area contributed by atoms with Crippen LogP contribution in [0, 0.1) is 11.8 Å². The molecule has 0 aromatic carbocycles. The molecule has 0 saturated carbocycles. The molecule has 2 rings (SSSR count). The fourth-order valence-corrected chi connectivity index (χ4v) is 3.32. The summed E-state index contributed by atoms with van der Waals surface area (Å²) in [5, 5.41) is 2.84. The fourth-order valence-electron chi connectivity index (χ4n) is 3.32. The number of nitrogens with two attached hydrogens (primary N) is 1. The molecule has 2 aliphatic rings. The van der Waals surface area contributed by atoms with Crippen molar-refractivity contribution in [2.24, 2.45) is 17.6 Å². The zero-order valence-electron chi connectivity index (χ0n) is 13.2. The number of hydrogen-bond donors (Lipinski definition) is 2. The summed E-state index contributed by atoms with van der Waals surface area (Å²) >= 11 is 0. The van der Waals surface area contributed by atoms with Crippen molar-refractivity contribution in [3.8, 4) is 0 Å². The van der Waals surface area contributed by atoms with Crippen LogP contribution in [-0.4, -0.2) is 60.5 Å². The van der Waals surface area contributed by atoms with Crippen molar-refractivity contribution in [1.29, 1.82) is 0 Å². The van der Waals surface area contributed by atoms with Gasteiger partial charge in [0.15, 0.2) is 0 Å². The van der Waals surface area contributed by atoms with Crippen molar-refractivity contribution in [2.75, 3.05) is 32.7 Å². The predicted octanol–water partition coefficient (Wildman–Crippen LogP) is 0.624. The van der Waals surface area contributed by atoms with Crippen LogP contribution >= 0.6 is 0 Å². The minimum atomic E-state index is 0.00918. The molecule has 0 radical (unpaired) electrons. The van der Waals surface area contributed by atoms with Gasteiger partial charge in [0, 0.05) is 32.6 Å². The maximum atomic E-state index is 12.4. The van der Waals surface area contributed by atoms with Crippen LogP contribution in [0.5, 0.6) is 0 Å². The summed E-state index contributed by atoms with van der Waals surface area (Å²) in [6, 6.07) is 0.162. The van der Waals surface area contributed by atoms with E-state index in [1.807, 2.05) is 9.80 Å². The summed E-state index contributed by atoms with van der Waals surface area (Å²) in [5.74, 6) is 1.31. The molecular weight excluding hydrogens is 268 g/mol. The third kappa shape index (κ3) is 3.87. The Morgan fingerprint density at radius 3 is 2.81 bits per heavy atom. The largest absolute Gasteiger partial charge is 0.339 e. The molecule has 6 nitrogen and oxygen atoms in total. The highest BCUT2D eigenvalue weighted by Gasteiger charge is 2.36. The number of piperazine rings is 1. The number of hydrogen-bond acceptors (Lipinski definition) is 3. The van der Waals surface area contributed by atoms with E-state index in [2.05, 4.69) is 19.2 Å². The number of amides is 3. The molecule has 0 spiro atoms. The van der Waals surface area contributed by atoms with E-state index in [-0.39, 0.29) is 18.0 Å². The van der Waals surface area contributed by atoms with Crippen molar-refractivity contribution in [1.82, 2.24) is 15.1 Å². The minimum absolute atomic E-state index is 0.00918. The molecule has 2 heterocycles. The van der Waals surface area contributed by atoms with E-state index in [0.29, 0.717) is 51.0 Å². The van der Waals surface area contributed by atoms with Crippen LogP contribution < -0.4 is 11.1 Å². The van der Waals surface area contributed by atoms with Gasteiger partial charge in [-0.3, -0.25) is 4.79 Å². The van der Waals surface area contributed by atoms with Crippen molar-refractivity contribution in [3.63, 3.8) is 0 Å². The second-order valence-corrected chi connectivity index (χ2v) is 6.49. The lowest BCUT2D eigenvalue weighted by atomic mass is 9.88. The quantitative estimate of drug-likeness (QED) is 0.754. The number of urea groups is 1. The molecule has 0 aromatic rings. The smallest absolute Gasteiger partial charge is 0.317 e. The van der Waals surface area contributed by atoms with E-state index in [1.165, 1.54) is 0 Å². The van der Waals surface area contributed by atoms with Gasteiger partial charge in [0.25, 0.3) is 0 Å². The van der Waals surface area contributed by atoms with Gasteiger partial charge in [-0.1, -0.05) is 13.8 Å². The van der Waals surface area contributed by atoms with Gasteiger partial charge in [-0.2, -0.15) is 0 Å². The molecule has 3 amide bonds. The fraction of sp³-hybridized carbons (Fsp3) is 0.867. The Kier molecular flexibility index (Phi) is 5.45. The van der Waals surface area contributed by atoms with Gasteiger partial charge in [-0.25, -0.2) is 4.79 Å². The van der Waals surface area contributed by atoms with Crippen LogP contribution in [-0.2, 0) is 4.79 Å². The number of rotatable bonds is 6. The maximum Gasteiger partial charge on any atom is 0.317 e. The topological polar surface area (TPSA) is 78.7 Å². The zero-order chi connectivity index (χ0) is 15.4. The normalized spacial score (nSPS) is 23.2. The Morgan fingerprint density at radius 2 is 2.14 bits per heavy atom. The molecule has 2 unspecified atom stereocenters. The third-order valence-corrected chi connectivity index (χ3v) is 4.79. The summed E-state index contributed by atoms with van der Waals surface area (Å²) < 4.78 is 0. The van der Waals surface area contributed by atoms with Crippen LogP contribution in [0.4, 0.5) is 4.79 Å². The van der Waals surface area contributed by atoms with Crippen LogP contribution in [0.3, 0.4) is 0 Å². The van der Waals surface area contributed by atoms with Crippen molar-refractivity contribution in [3.05, 3.63) is 0 Å². The molecule has 21 heavy (non-hydrogen) atoms. The summed E-state index contributed by atoms with van der Waals surface area (Å²) in [5.41, 5.74) is 5.65. The van der Waals surface area contributed by atoms with Crippen LogP contribution in [0.25, 0.3) is 0 Å². The number of carbonyl (C=O) groups excluding carboxylic acids is 2. The number of nitrogens with zero attached hydrogens (tertiary/aromatic N) is 2. The highest BCUT2D eigenvalue weighted by molar-refractivity contribution is 5.79. The number of carbonyl (C=O) groups is 2. The maximum absolute atomic E-state index is 12.4. The van der Waals surface area contributed by atoms with Crippen LogP contribution in [0.2, 0.25) is 0 Å². The Balaban J connectivity index is 1.80.